The van der Waals surface area contributed by atoms with Crippen LogP contribution in [0.15, 0.2) is 34.4 Å². The van der Waals surface area contributed by atoms with Crippen LogP contribution in [-0.4, -0.2) is 44.0 Å². The van der Waals surface area contributed by atoms with Crippen molar-refractivity contribution >= 4 is 26.9 Å². The summed E-state index contributed by atoms with van der Waals surface area (Å²) in [4.78, 5) is 0. The lowest BCUT2D eigenvalue weighted by atomic mass is 10.0. The van der Waals surface area contributed by atoms with Gasteiger partial charge in [0.15, 0.2) is 9.84 Å². The Hall–Kier alpha value is -2.52. The third-order valence-electron chi connectivity index (χ3n) is 6.01. The highest BCUT2D eigenvalue weighted by Crippen LogP contribution is 2.37. The molecule has 3 rings (SSSR count). The molecule has 1 fully saturated rings. The number of hydrogen-bond donors (Lipinski definition) is 2. The van der Waals surface area contributed by atoms with Crippen molar-refractivity contribution in [2.45, 2.75) is 71.0 Å². The predicted octanol–water partition coefficient (Wildman–Crippen LogP) is 6.12. The number of nitrogens with one attached hydrogen (secondary N) is 2. The Bertz CT molecular complexity index is 1160. The largest absolute Gasteiger partial charge is 0.388 e. The zero-order valence-corrected chi connectivity index (χ0v) is 22.6. The highest BCUT2D eigenvalue weighted by molar-refractivity contribution is 7.93. The molecule has 1 aromatic heterocycles. The summed E-state index contributed by atoms with van der Waals surface area (Å²) in [5.41, 5.74) is 3.95. The van der Waals surface area contributed by atoms with E-state index >= 15 is 0 Å². The topological polar surface area (TPSA) is 105 Å². The maximum Gasteiger partial charge on any atom is 0.161 e. The molecule has 2 N–H and O–H groups in total. The van der Waals surface area contributed by atoms with Gasteiger partial charge >= 0.3 is 0 Å². The van der Waals surface area contributed by atoms with Gasteiger partial charge in [0.05, 0.1) is 11.4 Å². The van der Waals surface area contributed by atoms with Gasteiger partial charge in [-0.05, 0) is 75.3 Å². The van der Waals surface area contributed by atoms with Gasteiger partial charge in [-0.2, -0.15) is 0 Å². The molecule has 1 aliphatic rings. The van der Waals surface area contributed by atoms with Crippen LogP contribution in [0.3, 0.4) is 0 Å². The number of aromatic nitrogens is 1. The molecular weight excluding hydrogens is 469 g/mol. The predicted molar refractivity (Wildman–Crippen MR) is 139 cm³/mol. The SMILES string of the molecule is CCCC(=N)C(C)(C)S(=O)(=O)C[C@H](C)c1cc(NC(=C2CC2)c2cc(C)on2)ccc1F.COC. The summed E-state index contributed by atoms with van der Waals surface area (Å²) in [5.74, 6) is -0.544. The van der Waals surface area contributed by atoms with Crippen LogP contribution in [-0.2, 0) is 14.6 Å². The zero-order valence-electron chi connectivity index (χ0n) is 21.8. The standard InChI is InChI=1S/C24H32FN3O3S.C2H6O/c1-6-7-22(26)24(4,5)32(29,30)14-15(2)19-13-18(10-11-20(19)25)27-23(17-8-9-17)21-12-16(3)31-28-21;1-3-2/h10-13,15,26-27H,6-9,14H2,1-5H3;1-2H3/t15-;/m0./s1. The van der Waals surface area contributed by atoms with Crippen LogP contribution >= 0.6 is 0 Å². The Kier molecular flexibility index (Phi) is 9.80. The summed E-state index contributed by atoms with van der Waals surface area (Å²) in [5, 5.41) is 15.6. The second kappa shape index (κ2) is 11.9. The molecule has 2 aromatic rings. The number of aryl methyl sites for hydroxylation is 1. The quantitative estimate of drug-likeness (QED) is 0.375. The van der Waals surface area contributed by atoms with E-state index in [0.717, 1.165) is 18.5 Å². The monoisotopic (exact) mass is 507 g/mol. The first-order valence-electron chi connectivity index (χ1n) is 11.8. The number of methoxy groups -OCH3 is 1. The maximum absolute atomic E-state index is 14.7. The molecule has 0 spiro atoms. The fraction of sp³-hybridized carbons (Fsp3) is 0.538. The molecule has 35 heavy (non-hydrogen) atoms. The molecule has 194 valence electrons. The van der Waals surface area contributed by atoms with Gasteiger partial charge in [-0.3, -0.25) is 0 Å². The minimum Gasteiger partial charge on any atom is -0.388 e. The first-order valence-corrected chi connectivity index (χ1v) is 13.5. The summed E-state index contributed by atoms with van der Waals surface area (Å²) in [7, 11) is -0.418. The van der Waals surface area contributed by atoms with E-state index in [1.807, 2.05) is 19.9 Å². The molecule has 0 bridgehead atoms. The molecule has 1 aromatic carbocycles. The van der Waals surface area contributed by atoms with E-state index < -0.39 is 26.3 Å². The summed E-state index contributed by atoms with van der Waals surface area (Å²) in [6.07, 6.45) is 3.07. The van der Waals surface area contributed by atoms with Crippen molar-refractivity contribution in [3.05, 3.63) is 52.7 Å². The second-order valence-electron chi connectivity index (χ2n) is 9.49. The minimum atomic E-state index is -3.67. The van der Waals surface area contributed by atoms with Gasteiger partial charge in [-0.1, -0.05) is 25.4 Å². The first-order chi connectivity index (χ1) is 16.4. The van der Waals surface area contributed by atoms with Gasteiger partial charge in [0.1, 0.15) is 22.0 Å². The van der Waals surface area contributed by atoms with Crippen molar-refractivity contribution in [3.8, 4) is 0 Å². The Morgan fingerprint density at radius 3 is 2.43 bits per heavy atom. The van der Waals surface area contributed by atoms with Gasteiger partial charge in [-0.25, -0.2) is 12.8 Å². The average Bonchev–Trinajstić information content (AvgIpc) is 3.53. The Morgan fingerprint density at radius 2 is 1.91 bits per heavy atom. The molecule has 0 amide bonds. The molecule has 1 aliphatic carbocycles. The number of hydrogen-bond acceptors (Lipinski definition) is 7. The van der Waals surface area contributed by atoms with E-state index in [-0.39, 0.29) is 11.5 Å². The summed E-state index contributed by atoms with van der Waals surface area (Å²) in [6.45, 7) is 8.58. The number of halogens is 1. The van der Waals surface area contributed by atoms with Gasteiger partial charge in [0.2, 0.25) is 0 Å². The zero-order chi connectivity index (χ0) is 26.4. The normalized spacial score (nSPS) is 14.1. The number of nitrogens with zero attached hydrogens (tertiary/aromatic N) is 1. The van der Waals surface area contributed by atoms with Crippen LogP contribution in [0.5, 0.6) is 0 Å². The van der Waals surface area contributed by atoms with E-state index in [1.54, 1.807) is 47.1 Å². The summed E-state index contributed by atoms with van der Waals surface area (Å²) >= 11 is 0. The smallest absolute Gasteiger partial charge is 0.161 e. The summed E-state index contributed by atoms with van der Waals surface area (Å²) in [6, 6.07) is 6.50. The van der Waals surface area contributed by atoms with Crippen LogP contribution in [0.4, 0.5) is 10.1 Å². The molecule has 7 nitrogen and oxygen atoms in total. The number of allylic oxidation sites excluding steroid dienone is 1. The molecule has 1 heterocycles. The molecule has 1 atom stereocenters. The number of ether oxygens (including phenoxy) is 1. The molecule has 0 saturated heterocycles. The second-order valence-corrected chi connectivity index (χ2v) is 12.1. The molecule has 0 radical (unpaired) electrons. The number of anilines is 1. The van der Waals surface area contributed by atoms with E-state index in [9.17, 15) is 12.8 Å². The molecular formula is C26H38FN3O4S. The first kappa shape index (κ1) is 28.7. The van der Waals surface area contributed by atoms with Crippen LogP contribution in [0.25, 0.3) is 5.70 Å². The number of sulfone groups is 1. The highest BCUT2D eigenvalue weighted by atomic mass is 32.2. The lowest BCUT2D eigenvalue weighted by Crippen LogP contribution is -2.42. The molecule has 1 saturated carbocycles. The van der Waals surface area contributed by atoms with Crippen molar-refractivity contribution in [2.24, 2.45) is 0 Å². The van der Waals surface area contributed by atoms with Crippen molar-refractivity contribution in [1.82, 2.24) is 5.16 Å². The van der Waals surface area contributed by atoms with E-state index in [1.165, 1.54) is 11.6 Å². The van der Waals surface area contributed by atoms with E-state index in [0.29, 0.717) is 35.5 Å². The number of benzene rings is 1. The maximum atomic E-state index is 14.7. The van der Waals surface area contributed by atoms with E-state index in [2.05, 4.69) is 15.2 Å². The fourth-order valence-corrected chi connectivity index (χ4v) is 5.37. The van der Waals surface area contributed by atoms with Crippen LogP contribution < -0.4 is 5.32 Å². The van der Waals surface area contributed by atoms with Crippen LogP contribution in [0.1, 0.15) is 76.3 Å². The highest BCUT2D eigenvalue weighted by Gasteiger charge is 2.39. The Labute approximate surface area is 208 Å². The molecule has 9 heteroatoms. The van der Waals surface area contributed by atoms with Crippen LogP contribution in [0, 0.1) is 18.2 Å². The molecule has 0 unspecified atom stereocenters. The van der Waals surface area contributed by atoms with E-state index in [4.69, 9.17) is 9.93 Å². The van der Waals surface area contributed by atoms with Crippen molar-refractivity contribution in [2.75, 3.05) is 25.3 Å². The fourth-order valence-electron chi connectivity index (χ4n) is 3.64. The van der Waals surface area contributed by atoms with Gasteiger partial charge in [0, 0.05) is 31.7 Å². The Balaban J connectivity index is 0.00000137. The van der Waals surface area contributed by atoms with Crippen molar-refractivity contribution < 1.29 is 22.1 Å². The van der Waals surface area contributed by atoms with Gasteiger partial charge in [0.25, 0.3) is 0 Å². The van der Waals surface area contributed by atoms with Gasteiger partial charge < -0.3 is 20.0 Å². The lowest BCUT2D eigenvalue weighted by Gasteiger charge is -2.27. The average molecular weight is 508 g/mol. The lowest BCUT2D eigenvalue weighted by molar-refractivity contribution is 0.277. The Morgan fingerprint density at radius 1 is 1.29 bits per heavy atom. The minimum absolute atomic E-state index is 0.187. The summed E-state index contributed by atoms with van der Waals surface area (Å²) < 4.78 is 49.1. The molecule has 0 aliphatic heterocycles. The van der Waals surface area contributed by atoms with Gasteiger partial charge in [-0.15, -0.1) is 0 Å². The van der Waals surface area contributed by atoms with Crippen molar-refractivity contribution in [3.63, 3.8) is 0 Å². The third-order valence-corrected chi connectivity index (χ3v) is 8.75. The third kappa shape index (κ3) is 7.24. The van der Waals surface area contributed by atoms with Crippen molar-refractivity contribution in [1.29, 1.82) is 5.41 Å². The van der Waals surface area contributed by atoms with Crippen LogP contribution in [0.2, 0.25) is 0 Å². The number of rotatable bonds is 10.